The van der Waals surface area contributed by atoms with E-state index in [9.17, 15) is 0 Å². The summed E-state index contributed by atoms with van der Waals surface area (Å²) >= 11 is 0. The summed E-state index contributed by atoms with van der Waals surface area (Å²) in [6.07, 6.45) is 9.21. The Hall–Kier alpha value is -2.95. The number of benzene rings is 2. The lowest BCUT2D eigenvalue weighted by molar-refractivity contribution is 0.644. The van der Waals surface area contributed by atoms with Gasteiger partial charge in [-0.1, -0.05) is 62.9 Å². The average molecular weight is 361 g/mol. The van der Waals surface area contributed by atoms with E-state index in [1.54, 1.807) is 0 Å². The molecule has 0 radical (unpaired) electrons. The monoisotopic (exact) mass is 361 g/mol. The number of amidine groups is 1. The smallest absolute Gasteiger partial charge is 0.190 e. The molecule has 0 aliphatic heterocycles. The van der Waals surface area contributed by atoms with Crippen LogP contribution in [-0.2, 0) is 0 Å². The van der Waals surface area contributed by atoms with Crippen LogP contribution in [0.3, 0.4) is 0 Å². The number of hydrazone groups is 1. The molecule has 3 rings (SSSR count). The van der Waals surface area contributed by atoms with Crippen molar-refractivity contribution in [2.45, 2.75) is 45.4 Å². The van der Waals surface area contributed by atoms with E-state index in [0.29, 0.717) is 11.7 Å². The highest BCUT2D eigenvalue weighted by molar-refractivity contribution is 5.99. The van der Waals surface area contributed by atoms with Crippen molar-refractivity contribution in [3.8, 4) is 0 Å². The standard InChI is InChI=1S/C22H27N5/c1-2-3-4-5-6-12-17-23-27-22(24-18-13-8-7-9-14-18)21-25-19-15-10-11-16-20(19)26-21/h7-11,13-17H,2-6,12H2,1H3,(H,24,27)(H,25,26). The molecule has 0 saturated carbocycles. The van der Waals surface area contributed by atoms with E-state index >= 15 is 0 Å². The number of hydrogen-bond acceptors (Lipinski definition) is 3. The zero-order valence-electron chi connectivity index (χ0n) is 15.9. The van der Waals surface area contributed by atoms with E-state index in [4.69, 9.17) is 0 Å². The minimum atomic E-state index is 0.611. The lowest BCUT2D eigenvalue weighted by Gasteiger charge is -2.03. The summed E-state index contributed by atoms with van der Waals surface area (Å²) in [6.45, 7) is 2.23. The molecule has 27 heavy (non-hydrogen) atoms. The molecule has 0 amide bonds. The first-order valence-corrected chi connectivity index (χ1v) is 9.73. The van der Waals surface area contributed by atoms with Gasteiger partial charge in [-0.05, 0) is 37.1 Å². The molecule has 5 heteroatoms. The predicted molar refractivity (Wildman–Crippen MR) is 114 cm³/mol. The lowest BCUT2D eigenvalue weighted by atomic mass is 10.1. The van der Waals surface area contributed by atoms with Gasteiger partial charge in [0.1, 0.15) is 0 Å². The highest BCUT2D eigenvalue weighted by atomic mass is 15.3. The normalized spacial score (nSPS) is 12.1. The molecular weight excluding hydrogens is 334 g/mol. The van der Waals surface area contributed by atoms with E-state index in [1.165, 1.54) is 32.1 Å². The Kier molecular flexibility index (Phi) is 7.16. The number of unbranched alkanes of at least 4 members (excludes halogenated alkanes) is 5. The topological polar surface area (TPSA) is 65.4 Å². The summed E-state index contributed by atoms with van der Waals surface area (Å²) in [5.74, 6) is 1.29. The maximum atomic E-state index is 4.68. The maximum Gasteiger partial charge on any atom is 0.190 e. The fraction of sp³-hybridized carbons (Fsp3) is 0.318. The molecule has 0 aliphatic rings. The number of aliphatic imine (C=N–C) groups is 1. The first kappa shape index (κ1) is 18.8. The van der Waals surface area contributed by atoms with Gasteiger partial charge in [0.2, 0.25) is 0 Å². The first-order valence-electron chi connectivity index (χ1n) is 9.73. The number of nitrogens with zero attached hydrogens (tertiary/aromatic N) is 3. The Bertz CT molecular complexity index is 847. The SMILES string of the molecule is CCCCCCCC=NNC(=Nc1ccccc1)c1nc2ccccc2[nH]1. The van der Waals surface area contributed by atoms with Gasteiger partial charge >= 0.3 is 0 Å². The Morgan fingerprint density at radius 2 is 1.78 bits per heavy atom. The van der Waals surface area contributed by atoms with Crippen LogP contribution >= 0.6 is 0 Å². The first-order chi connectivity index (χ1) is 13.4. The summed E-state index contributed by atoms with van der Waals surface area (Å²) < 4.78 is 0. The number of imidazole rings is 1. The second kappa shape index (κ2) is 10.3. The van der Waals surface area contributed by atoms with Crippen molar-refractivity contribution in [3.63, 3.8) is 0 Å². The summed E-state index contributed by atoms with van der Waals surface area (Å²) in [7, 11) is 0. The highest BCUT2D eigenvalue weighted by Crippen LogP contribution is 2.14. The van der Waals surface area contributed by atoms with Gasteiger partial charge < -0.3 is 4.98 Å². The molecular formula is C22H27N5. The fourth-order valence-electron chi connectivity index (χ4n) is 2.84. The van der Waals surface area contributed by atoms with Crippen molar-refractivity contribution in [2.24, 2.45) is 10.1 Å². The zero-order chi connectivity index (χ0) is 18.7. The Morgan fingerprint density at radius 1 is 1.00 bits per heavy atom. The number of hydrogen-bond donors (Lipinski definition) is 2. The third-order valence-electron chi connectivity index (χ3n) is 4.31. The molecule has 0 spiro atoms. The van der Waals surface area contributed by atoms with Gasteiger partial charge in [-0.15, -0.1) is 0 Å². The van der Waals surface area contributed by atoms with Gasteiger partial charge in [-0.3, -0.25) is 5.43 Å². The maximum absolute atomic E-state index is 4.68. The number of aromatic nitrogens is 2. The van der Waals surface area contributed by atoms with Crippen molar-refractivity contribution in [1.29, 1.82) is 0 Å². The average Bonchev–Trinajstić information content (AvgIpc) is 3.14. The van der Waals surface area contributed by atoms with Crippen molar-refractivity contribution >= 4 is 28.8 Å². The van der Waals surface area contributed by atoms with Crippen LogP contribution in [0.25, 0.3) is 11.0 Å². The molecule has 2 aromatic carbocycles. The Balaban J connectivity index is 1.70. The molecule has 0 atom stereocenters. The van der Waals surface area contributed by atoms with Crippen LogP contribution in [0.1, 0.15) is 51.3 Å². The minimum absolute atomic E-state index is 0.611. The van der Waals surface area contributed by atoms with Crippen molar-refractivity contribution < 1.29 is 0 Å². The molecule has 1 heterocycles. The Morgan fingerprint density at radius 3 is 2.59 bits per heavy atom. The molecule has 0 saturated heterocycles. The van der Waals surface area contributed by atoms with Gasteiger partial charge in [-0.25, -0.2) is 9.98 Å². The third-order valence-corrected chi connectivity index (χ3v) is 4.31. The van der Waals surface area contributed by atoms with Crippen LogP contribution in [0.2, 0.25) is 0 Å². The second-order valence-electron chi connectivity index (χ2n) is 6.52. The fourth-order valence-corrected chi connectivity index (χ4v) is 2.84. The summed E-state index contributed by atoms with van der Waals surface area (Å²) in [4.78, 5) is 12.6. The molecule has 140 valence electrons. The van der Waals surface area contributed by atoms with E-state index in [0.717, 1.165) is 23.1 Å². The van der Waals surface area contributed by atoms with Crippen molar-refractivity contribution in [1.82, 2.24) is 15.4 Å². The van der Waals surface area contributed by atoms with Crippen molar-refractivity contribution in [3.05, 3.63) is 60.4 Å². The number of rotatable bonds is 9. The van der Waals surface area contributed by atoms with E-state index in [-0.39, 0.29) is 0 Å². The lowest BCUT2D eigenvalue weighted by Crippen LogP contribution is -2.20. The van der Waals surface area contributed by atoms with E-state index in [1.807, 2.05) is 60.8 Å². The second-order valence-corrected chi connectivity index (χ2v) is 6.52. The Labute approximate surface area is 160 Å². The molecule has 1 aromatic heterocycles. The van der Waals surface area contributed by atoms with Crippen molar-refractivity contribution in [2.75, 3.05) is 0 Å². The molecule has 0 fully saturated rings. The highest BCUT2D eigenvalue weighted by Gasteiger charge is 2.09. The molecule has 2 N–H and O–H groups in total. The number of nitrogens with one attached hydrogen (secondary N) is 2. The van der Waals surface area contributed by atoms with Crippen LogP contribution < -0.4 is 5.43 Å². The van der Waals surface area contributed by atoms with E-state index in [2.05, 4.69) is 32.4 Å². The van der Waals surface area contributed by atoms with E-state index < -0.39 is 0 Å². The molecule has 0 bridgehead atoms. The number of aromatic amines is 1. The summed E-state index contributed by atoms with van der Waals surface area (Å²) in [5, 5.41) is 4.37. The number of H-pyrrole nitrogens is 1. The third kappa shape index (κ3) is 5.78. The summed E-state index contributed by atoms with van der Waals surface area (Å²) in [5.41, 5.74) is 5.82. The van der Waals surface area contributed by atoms with Crippen LogP contribution in [0.15, 0.2) is 64.7 Å². The van der Waals surface area contributed by atoms with Crippen LogP contribution in [0.4, 0.5) is 5.69 Å². The quantitative estimate of drug-likeness (QED) is 0.226. The van der Waals surface area contributed by atoms with Gasteiger partial charge in [0.05, 0.1) is 16.7 Å². The minimum Gasteiger partial charge on any atom is -0.335 e. The molecule has 0 unspecified atom stereocenters. The van der Waals surface area contributed by atoms with Gasteiger partial charge in [-0.2, -0.15) is 5.10 Å². The van der Waals surface area contributed by atoms with Crippen LogP contribution in [-0.4, -0.2) is 22.0 Å². The predicted octanol–water partition coefficient (Wildman–Crippen LogP) is 5.58. The van der Waals surface area contributed by atoms with Crippen LogP contribution in [0, 0.1) is 0 Å². The molecule has 0 aliphatic carbocycles. The summed E-state index contributed by atoms with van der Waals surface area (Å²) in [6, 6.07) is 17.8. The number of para-hydroxylation sites is 3. The number of fused-ring (bicyclic) bond motifs is 1. The molecule has 3 aromatic rings. The van der Waals surface area contributed by atoms with Gasteiger partial charge in [0.25, 0.3) is 0 Å². The largest absolute Gasteiger partial charge is 0.335 e. The molecule has 5 nitrogen and oxygen atoms in total. The van der Waals surface area contributed by atoms with Crippen LogP contribution in [0.5, 0.6) is 0 Å². The van der Waals surface area contributed by atoms with Gasteiger partial charge in [0, 0.05) is 6.21 Å². The van der Waals surface area contributed by atoms with Gasteiger partial charge in [0.15, 0.2) is 11.7 Å². The zero-order valence-corrected chi connectivity index (χ0v) is 15.9.